The molecule has 1 rings (SSSR count). The molecule has 0 radical (unpaired) electrons. The third-order valence-electron chi connectivity index (χ3n) is 2.99. The highest BCUT2D eigenvalue weighted by Gasteiger charge is 2.03. The van der Waals surface area contributed by atoms with Crippen LogP contribution in [0.2, 0.25) is 0 Å². The van der Waals surface area contributed by atoms with Gasteiger partial charge in [0.2, 0.25) is 0 Å². The standard InChI is InChI=1S/C16H27N3/c1-5-9-19(6-2)13-16-8-7-15(12-18-16)11-17-10-14(3)4/h5,7-8,12,14,17H,1,6,9-11,13H2,2-4H3. The summed E-state index contributed by atoms with van der Waals surface area (Å²) in [5, 5.41) is 3.43. The molecule has 1 heterocycles. The lowest BCUT2D eigenvalue weighted by atomic mass is 10.2. The maximum Gasteiger partial charge on any atom is 0.0544 e. The zero-order chi connectivity index (χ0) is 14.1. The Hall–Kier alpha value is -1.19. The topological polar surface area (TPSA) is 28.2 Å². The average Bonchev–Trinajstić information content (AvgIpc) is 2.39. The second-order valence-corrected chi connectivity index (χ2v) is 5.30. The fraction of sp³-hybridized carbons (Fsp3) is 0.562. The van der Waals surface area contributed by atoms with Gasteiger partial charge in [-0.15, -0.1) is 6.58 Å². The van der Waals surface area contributed by atoms with Gasteiger partial charge in [-0.05, 0) is 30.6 Å². The summed E-state index contributed by atoms with van der Waals surface area (Å²) in [6.45, 7) is 15.1. The summed E-state index contributed by atoms with van der Waals surface area (Å²) in [5.74, 6) is 0.684. The van der Waals surface area contributed by atoms with Crippen molar-refractivity contribution >= 4 is 0 Å². The van der Waals surface area contributed by atoms with E-state index < -0.39 is 0 Å². The molecule has 3 heteroatoms. The first kappa shape index (κ1) is 15.9. The molecule has 0 saturated heterocycles. The molecule has 0 aliphatic carbocycles. The van der Waals surface area contributed by atoms with E-state index in [1.807, 2.05) is 12.3 Å². The number of likely N-dealkylation sites (N-methyl/N-ethyl adjacent to an activating group) is 1. The number of nitrogens with one attached hydrogen (secondary N) is 1. The molecule has 0 aliphatic heterocycles. The van der Waals surface area contributed by atoms with Gasteiger partial charge in [0.1, 0.15) is 0 Å². The van der Waals surface area contributed by atoms with Crippen molar-refractivity contribution in [3.05, 3.63) is 42.2 Å². The molecule has 0 atom stereocenters. The minimum absolute atomic E-state index is 0.684. The lowest BCUT2D eigenvalue weighted by Gasteiger charge is -2.17. The molecule has 0 amide bonds. The minimum atomic E-state index is 0.684. The summed E-state index contributed by atoms with van der Waals surface area (Å²) in [6, 6.07) is 4.29. The maximum absolute atomic E-state index is 4.53. The summed E-state index contributed by atoms with van der Waals surface area (Å²) in [5.41, 5.74) is 2.37. The Bertz CT molecular complexity index is 357. The molecule has 0 aliphatic rings. The van der Waals surface area contributed by atoms with E-state index in [0.717, 1.165) is 38.4 Å². The molecule has 0 aromatic carbocycles. The van der Waals surface area contributed by atoms with E-state index in [0.29, 0.717) is 5.92 Å². The van der Waals surface area contributed by atoms with Gasteiger partial charge in [0.15, 0.2) is 0 Å². The summed E-state index contributed by atoms with van der Waals surface area (Å²) in [7, 11) is 0. The number of aromatic nitrogens is 1. The van der Waals surface area contributed by atoms with Gasteiger partial charge in [0, 0.05) is 25.8 Å². The van der Waals surface area contributed by atoms with Gasteiger partial charge < -0.3 is 5.32 Å². The van der Waals surface area contributed by atoms with Crippen LogP contribution in [0.1, 0.15) is 32.0 Å². The fourth-order valence-electron chi connectivity index (χ4n) is 1.88. The molecule has 1 aromatic rings. The van der Waals surface area contributed by atoms with Crippen molar-refractivity contribution in [2.75, 3.05) is 19.6 Å². The van der Waals surface area contributed by atoms with Crippen LogP contribution in [0.4, 0.5) is 0 Å². The highest BCUT2D eigenvalue weighted by Crippen LogP contribution is 2.04. The van der Waals surface area contributed by atoms with Crippen LogP contribution in [0.15, 0.2) is 31.0 Å². The average molecular weight is 261 g/mol. The maximum atomic E-state index is 4.53. The summed E-state index contributed by atoms with van der Waals surface area (Å²) in [6.07, 6.45) is 3.91. The largest absolute Gasteiger partial charge is 0.312 e. The molecular formula is C16H27N3. The molecule has 0 bridgehead atoms. The molecule has 1 aromatic heterocycles. The zero-order valence-corrected chi connectivity index (χ0v) is 12.5. The molecule has 0 unspecified atom stereocenters. The van der Waals surface area contributed by atoms with Crippen LogP contribution in [0, 0.1) is 5.92 Å². The molecule has 3 nitrogen and oxygen atoms in total. The Morgan fingerprint density at radius 1 is 1.42 bits per heavy atom. The molecule has 0 fully saturated rings. The number of nitrogens with zero attached hydrogens (tertiary/aromatic N) is 2. The predicted octanol–water partition coefficient (Wildman–Crippen LogP) is 2.84. The van der Waals surface area contributed by atoms with Gasteiger partial charge in [0.05, 0.1) is 5.69 Å². The Morgan fingerprint density at radius 3 is 2.74 bits per heavy atom. The molecule has 0 saturated carbocycles. The SMILES string of the molecule is C=CCN(CC)Cc1ccc(CNCC(C)C)cn1. The monoisotopic (exact) mass is 261 g/mol. The Kier molecular flexibility index (Phi) is 7.38. The molecule has 106 valence electrons. The van der Waals surface area contributed by atoms with E-state index in [2.05, 4.69) is 54.7 Å². The van der Waals surface area contributed by atoms with E-state index in [9.17, 15) is 0 Å². The molecule has 1 N–H and O–H groups in total. The van der Waals surface area contributed by atoms with Crippen LogP contribution < -0.4 is 5.32 Å². The first-order valence-corrected chi connectivity index (χ1v) is 7.13. The Morgan fingerprint density at radius 2 is 2.21 bits per heavy atom. The number of rotatable bonds is 9. The fourth-order valence-corrected chi connectivity index (χ4v) is 1.88. The van der Waals surface area contributed by atoms with E-state index in [1.54, 1.807) is 0 Å². The van der Waals surface area contributed by atoms with Gasteiger partial charge in [-0.25, -0.2) is 0 Å². The normalized spacial score (nSPS) is 11.2. The van der Waals surface area contributed by atoms with Crippen LogP contribution in [0.5, 0.6) is 0 Å². The predicted molar refractivity (Wildman–Crippen MR) is 81.9 cm³/mol. The van der Waals surface area contributed by atoms with Crippen LogP contribution in [0.3, 0.4) is 0 Å². The van der Waals surface area contributed by atoms with Crippen LogP contribution in [-0.4, -0.2) is 29.5 Å². The van der Waals surface area contributed by atoms with E-state index >= 15 is 0 Å². The van der Waals surface area contributed by atoms with Crippen molar-refractivity contribution in [1.82, 2.24) is 15.2 Å². The first-order valence-electron chi connectivity index (χ1n) is 7.13. The number of hydrogen-bond acceptors (Lipinski definition) is 3. The highest BCUT2D eigenvalue weighted by atomic mass is 15.1. The van der Waals surface area contributed by atoms with Gasteiger partial charge in [-0.2, -0.15) is 0 Å². The number of pyridine rings is 1. The van der Waals surface area contributed by atoms with Gasteiger partial charge in [-0.1, -0.05) is 32.9 Å². The Labute approximate surface area is 117 Å². The summed E-state index contributed by atoms with van der Waals surface area (Å²) in [4.78, 5) is 6.84. The third kappa shape index (κ3) is 6.50. The quantitative estimate of drug-likeness (QED) is 0.693. The van der Waals surface area contributed by atoms with E-state index in [-0.39, 0.29) is 0 Å². The summed E-state index contributed by atoms with van der Waals surface area (Å²) >= 11 is 0. The second kappa shape index (κ2) is 8.83. The minimum Gasteiger partial charge on any atom is -0.312 e. The highest BCUT2D eigenvalue weighted by molar-refractivity contribution is 5.14. The molecule has 0 spiro atoms. The Balaban J connectivity index is 2.44. The van der Waals surface area contributed by atoms with Crippen molar-refractivity contribution in [1.29, 1.82) is 0 Å². The van der Waals surface area contributed by atoms with Gasteiger partial charge in [-0.3, -0.25) is 9.88 Å². The van der Waals surface area contributed by atoms with E-state index in [4.69, 9.17) is 0 Å². The lowest BCUT2D eigenvalue weighted by molar-refractivity contribution is 0.307. The third-order valence-corrected chi connectivity index (χ3v) is 2.99. The van der Waals surface area contributed by atoms with Crippen molar-refractivity contribution in [2.24, 2.45) is 5.92 Å². The van der Waals surface area contributed by atoms with Crippen molar-refractivity contribution in [3.8, 4) is 0 Å². The van der Waals surface area contributed by atoms with Crippen molar-refractivity contribution in [3.63, 3.8) is 0 Å². The smallest absolute Gasteiger partial charge is 0.0544 e. The second-order valence-electron chi connectivity index (χ2n) is 5.30. The molecular weight excluding hydrogens is 234 g/mol. The zero-order valence-electron chi connectivity index (χ0n) is 12.5. The molecule has 19 heavy (non-hydrogen) atoms. The first-order chi connectivity index (χ1) is 9.15. The van der Waals surface area contributed by atoms with Crippen molar-refractivity contribution in [2.45, 2.75) is 33.9 Å². The van der Waals surface area contributed by atoms with Gasteiger partial charge in [0.25, 0.3) is 0 Å². The van der Waals surface area contributed by atoms with Gasteiger partial charge >= 0.3 is 0 Å². The van der Waals surface area contributed by atoms with Crippen LogP contribution >= 0.6 is 0 Å². The number of hydrogen-bond donors (Lipinski definition) is 1. The lowest BCUT2D eigenvalue weighted by Crippen LogP contribution is -2.23. The summed E-state index contributed by atoms with van der Waals surface area (Å²) < 4.78 is 0. The van der Waals surface area contributed by atoms with Crippen molar-refractivity contribution < 1.29 is 0 Å². The van der Waals surface area contributed by atoms with Crippen LogP contribution in [-0.2, 0) is 13.1 Å². The van der Waals surface area contributed by atoms with Crippen LogP contribution in [0.25, 0.3) is 0 Å². The van der Waals surface area contributed by atoms with E-state index in [1.165, 1.54) is 5.56 Å².